The van der Waals surface area contributed by atoms with Crippen LogP contribution in [-0.2, 0) is 4.79 Å². The number of thiophene rings is 1. The van der Waals surface area contributed by atoms with E-state index in [1.54, 1.807) is 16.7 Å². The second kappa shape index (κ2) is 5.71. The topological polar surface area (TPSA) is 40.6 Å². The molecule has 18 heavy (non-hydrogen) atoms. The summed E-state index contributed by atoms with van der Waals surface area (Å²) >= 11 is 8.18. The lowest BCUT2D eigenvalue weighted by atomic mass is 10.3. The summed E-state index contributed by atoms with van der Waals surface area (Å²) in [4.78, 5) is 27.7. The Balaban J connectivity index is 2.01. The molecule has 0 bridgehead atoms. The number of carbonyl (C=O) groups excluding carboxylic acids is 2. The van der Waals surface area contributed by atoms with Crippen molar-refractivity contribution in [3.8, 4) is 0 Å². The van der Waals surface area contributed by atoms with Gasteiger partial charge in [0.1, 0.15) is 0 Å². The Bertz CT molecular complexity index is 462. The lowest BCUT2D eigenvalue weighted by molar-refractivity contribution is -0.130. The Morgan fingerprint density at radius 3 is 2.17 bits per heavy atom. The van der Waals surface area contributed by atoms with Crippen LogP contribution in [0.5, 0.6) is 0 Å². The highest BCUT2D eigenvalue weighted by molar-refractivity contribution is 9.13. The van der Waals surface area contributed by atoms with Gasteiger partial charge in [0.15, 0.2) is 0 Å². The molecule has 1 aliphatic rings. The van der Waals surface area contributed by atoms with Crippen molar-refractivity contribution in [1.29, 1.82) is 0 Å². The average Bonchev–Trinajstić information content (AvgIpc) is 2.69. The van der Waals surface area contributed by atoms with Crippen LogP contribution in [0.15, 0.2) is 14.3 Å². The van der Waals surface area contributed by atoms with Crippen molar-refractivity contribution in [3.63, 3.8) is 0 Å². The normalized spacial score (nSPS) is 15.9. The van der Waals surface area contributed by atoms with E-state index >= 15 is 0 Å². The SMILES string of the molecule is CC(=O)N1CCN(C(=O)c2cc(Br)c(Br)s2)CC1. The van der Waals surface area contributed by atoms with E-state index in [4.69, 9.17) is 0 Å². The van der Waals surface area contributed by atoms with Crippen molar-refractivity contribution in [3.05, 3.63) is 19.2 Å². The molecule has 2 rings (SSSR count). The fourth-order valence-corrected chi connectivity index (χ4v) is 3.84. The molecule has 0 aliphatic carbocycles. The van der Waals surface area contributed by atoms with E-state index < -0.39 is 0 Å². The van der Waals surface area contributed by atoms with E-state index in [9.17, 15) is 9.59 Å². The predicted molar refractivity (Wildman–Crippen MR) is 77.9 cm³/mol. The van der Waals surface area contributed by atoms with E-state index in [0.29, 0.717) is 31.1 Å². The smallest absolute Gasteiger partial charge is 0.264 e. The third-order valence-electron chi connectivity index (χ3n) is 2.87. The number of amides is 2. The minimum absolute atomic E-state index is 0.0367. The van der Waals surface area contributed by atoms with Gasteiger partial charge in [-0.15, -0.1) is 11.3 Å². The van der Waals surface area contributed by atoms with Gasteiger partial charge in [-0.2, -0.15) is 0 Å². The second-order valence-electron chi connectivity index (χ2n) is 4.03. The van der Waals surface area contributed by atoms with Crippen molar-refractivity contribution in [2.75, 3.05) is 26.2 Å². The van der Waals surface area contributed by atoms with Crippen molar-refractivity contribution in [2.24, 2.45) is 0 Å². The molecule has 0 N–H and O–H groups in total. The van der Waals surface area contributed by atoms with Crippen molar-refractivity contribution in [1.82, 2.24) is 9.80 Å². The largest absolute Gasteiger partial charge is 0.339 e. The molecule has 0 unspecified atom stereocenters. The quantitative estimate of drug-likeness (QED) is 0.733. The number of carbonyl (C=O) groups is 2. The highest BCUT2D eigenvalue weighted by Crippen LogP contribution is 2.33. The maximum atomic E-state index is 12.2. The van der Waals surface area contributed by atoms with Crippen LogP contribution in [0.25, 0.3) is 0 Å². The standard InChI is InChI=1S/C11H12Br2N2O2S/c1-7(16)14-2-4-15(5-3-14)11(17)9-6-8(12)10(13)18-9/h6H,2-5H2,1H3. The first kappa shape index (κ1) is 14.0. The Kier molecular flexibility index (Phi) is 4.45. The zero-order valence-corrected chi connectivity index (χ0v) is 13.8. The summed E-state index contributed by atoms with van der Waals surface area (Å²) in [5.74, 6) is 0.110. The first-order chi connectivity index (χ1) is 8.49. The lowest BCUT2D eigenvalue weighted by Gasteiger charge is -2.33. The Morgan fingerprint density at radius 1 is 1.17 bits per heavy atom. The monoisotopic (exact) mass is 394 g/mol. The summed E-state index contributed by atoms with van der Waals surface area (Å²) in [6.45, 7) is 4.01. The zero-order valence-electron chi connectivity index (χ0n) is 9.78. The zero-order chi connectivity index (χ0) is 13.3. The van der Waals surface area contributed by atoms with Crippen LogP contribution in [-0.4, -0.2) is 47.8 Å². The second-order valence-corrected chi connectivity index (χ2v) is 7.25. The molecular weight excluding hydrogens is 384 g/mol. The molecule has 1 saturated heterocycles. The summed E-state index contributed by atoms with van der Waals surface area (Å²) in [5, 5.41) is 0. The molecule has 1 aromatic rings. The maximum Gasteiger partial charge on any atom is 0.264 e. The van der Waals surface area contributed by atoms with E-state index in [0.717, 1.165) is 8.26 Å². The molecule has 1 fully saturated rings. The highest BCUT2D eigenvalue weighted by atomic mass is 79.9. The summed E-state index contributed by atoms with van der Waals surface area (Å²) in [6, 6.07) is 1.83. The Labute approximate surface area is 126 Å². The van der Waals surface area contributed by atoms with Crippen LogP contribution in [0, 0.1) is 0 Å². The molecule has 98 valence electrons. The lowest BCUT2D eigenvalue weighted by Crippen LogP contribution is -2.49. The van der Waals surface area contributed by atoms with Crippen LogP contribution in [0.1, 0.15) is 16.6 Å². The first-order valence-corrected chi connectivity index (χ1v) is 7.89. The number of piperazine rings is 1. The Hall–Kier alpha value is -0.400. The van der Waals surface area contributed by atoms with Crippen LogP contribution in [0.2, 0.25) is 0 Å². The number of nitrogens with zero attached hydrogens (tertiary/aromatic N) is 2. The molecule has 0 aromatic carbocycles. The summed E-state index contributed by atoms with van der Waals surface area (Å²) in [5.41, 5.74) is 0. The number of hydrogen-bond acceptors (Lipinski definition) is 3. The van der Waals surface area contributed by atoms with Gasteiger partial charge in [0.25, 0.3) is 5.91 Å². The molecule has 1 aromatic heterocycles. The molecule has 0 spiro atoms. The molecule has 1 aliphatic heterocycles. The van der Waals surface area contributed by atoms with Crippen LogP contribution < -0.4 is 0 Å². The van der Waals surface area contributed by atoms with E-state index in [2.05, 4.69) is 31.9 Å². The maximum absolute atomic E-state index is 12.2. The minimum Gasteiger partial charge on any atom is -0.339 e. The van der Waals surface area contributed by atoms with Crippen LogP contribution in [0.4, 0.5) is 0 Å². The highest BCUT2D eigenvalue weighted by Gasteiger charge is 2.24. The van der Waals surface area contributed by atoms with E-state index in [1.165, 1.54) is 11.3 Å². The van der Waals surface area contributed by atoms with Gasteiger partial charge < -0.3 is 9.80 Å². The van der Waals surface area contributed by atoms with Crippen molar-refractivity contribution >= 4 is 55.0 Å². The number of halogens is 2. The molecule has 0 atom stereocenters. The van der Waals surface area contributed by atoms with Crippen molar-refractivity contribution in [2.45, 2.75) is 6.92 Å². The van der Waals surface area contributed by atoms with Crippen molar-refractivity contribution < 1.29 is 9.59 Å². The van der Waals surface area contributed by atoms with E-state index in [1.807, 2.05) is 6.07 Å². The number of rotatable bonds is 1. The van der Waals surface area contributed by atoms with Gasteiger partial charge >= 0.3 is 0 Å². The minimum atomic E-state index is 0.0367. The van der Waals surface area contributed by atoms with Gasteiger partial charge in [0.05, 0.1) is 8.66 Å². The summed E-state index contributed by atoms with van der Waals surface area (Å²) < 4.78 is 1.83. The predicted octanol–water partition coefficient (Wildman–Crippen LogP) is 2.58. The molecule has 0 radical (unpaired) electrons. The van der Waals surface area contributed by atoms with Gasteiger partial charge in [-0.05, 0) is 37.9 Å². The van der Waals surface area contributed by atoms with E-state index in [-0.39, 0.29) is 11.8 Å². The molecular formula is C11H12Br2N2O2S. The first-order valence-electron chi connectivity index (χ1n) is 5.48. The summed E-state index contributed by atoms with van der Waals surface area (Å²) in [7, 11) is 0. The van der Waals surface area contributed by atoms with Gasteiger partial charge in [0, 0.05) is 37.6 Å². The fraction of sp³-hybridized carbons (Fsp3) is 0.455. The third kappa shape index (κ3) is 2.95. The van der Waals surface area contributed by atoms with Gasteiger partial charge in [-0.3, -0.25) is 9.59 Å². The number of hydrogen-bond donors (Lipinski definition) is 0. The fourth-order valence-electron chi connectivity index (χ4n) is 1.83. The van der Waals surface area contributed by atoms with Gasteiger partial charge in [-0.1, -0.05) is 0 Å². The van der Waals surface area contributed by atoms with Crippen LogP contribution >= 0.6 is 43.2 Å². The Morgan fingerprint density at radius 2 is 1.72 bits per heavy atom. The molecule has 2 heterocycles. The third-order valence-corrected chi connectivity index (χ3v) is 6.11. The summed E-state index contributed by atoms with van der Waals surface area (Å²) in [6.07, 6.45) is 0. The van der Waals surface area contributed by atoms with Crippen LogP contribution in [0.3, 0.4) is 0 Å². The molecule has 4 nitrogen and oxygen atoms in total. The average molecular weight is 396 g/mol. The van der Waals surface area contributed by atoms with Gasteiger partial charge in [0.2, 0.25) is 5.91 Å². The molecule has 0 saturated carbocycles. The molecule has 7 heteroatoms. The van der Waals surface area contributed by atoms with Gasteiger partial charge in [-0.25, -0.2) is 0 Å². The molecule has 2 amide bonds.